The van der Waals surface area contributed by atoms with Crippen molar-refractivity contribution in [3.05, 3.63) is 11.9 Å². The molecule has 1 aliphatic rings. The average Bonchev–Trinajstić information content (AvgIpc) is 3.02. The quantitative estimate of drug-likeness (QED) is 0.798. The van der Waals surface area contributed by atoms with Gasteiger partial charge in [-0.05, 0) is 32.6 Å². The molecule has 5 heteroatoms. The van der Waals surface area contributed by atoms with Crippen LogP contribution in [0.15, 0.2) is 6.20 Å². The van der Waals surface area contributed by atoms with Crippen molar-refractivity contribution in [2.24, 2.45) is 5.92 Å². The van der Waals surface area contributed by atoms with Crippen molar-refractivity contribution in [3.8, 4) is 0 Å². The fraction of sp³-hybridized carbons (Fsp3) is 0.636. The lowest BCUT2D eigenvalue weighted by atomic mass is 10.2. The van der Waals surface area contributed by atoms with E-state index in [1.165, 1.54) is 19.0 Å². The maximum atomic E-state index is 12.0. The first-order valence-corrected chi connectivity index (χ1v) is 5.75. The predicted octanol–water partition coefficient (Wildman–Crippen LogP) is 1.01. The van der Waals surface area contributed by atoms with Gasteiger partial charge in [-0.1, -0.05) is 0 Å². The molecule has 1 fully saturated rings. The third-order valence-corrected chi connectivity index (χ3v) is 3.07. The molecule has 0 saturated heterocycles. The molecule has 0 aromatic carbocycles. The minimum absolute atomic E-state index is 0.115. The summed E-state index contributed by atoms with van der Waals surface area (Å²) in [5.41, 5.74) is 6.67. The van der Waals surface area contributed by atoms with E-state index in [9.17, 15) is 4.79 Å². The molecule has 0 radical (unpaired) electrons. The van der Waals surface area contributed by atoms with Crippen LogP contribution in [0.3, 0.4) is 0 Å². The lowest BCUT2D eigenvalue weighted by Crippen LogP contribution is -2.35. The van der Waals surface area contributed by atoms with E-state index >= 15 is 0 Å². The number of nitrogens with zero attached hydrogens (tertiary/aromatic N) is 2. The molecule has 0 aliphatic heterocycles. The zero-order chi connectivity index (χ0) is 11.7. The van der Waals surface area contributed by atoms with Gasteiger partial charge in [0, 0.05) is 12.6 Å². The van der Waals surface area contributed by atoms with Crippen molar-refractivity contribution in [2.45, 2.75) is 39.3 Å². The van der Waals surface area contributed by atoms with Crippen molar-refractivity contribution in [3.63, 3.8) is 0 Å². The van der Waals surface area contributed by atoms with Gasteiger partial charge in [-0.25, -0.2) is 0 Å². The number of carbonyl (C=O) groups excluding carboxylic acids is 1. The summed E-state index contributed by atoms with van der Waals surface area (Å²) in [5.74, 6) is 0.527. The van der Waals surface area contributed by atoms with Gasteiger partial charge >= 0.3 is 0 Å². The van der Waals surface area contributed by atoms with Gasteiger partial charge in [0.05, 0.1) is 11.9 Å². The summed E-state index contributed by atoms with van der Waals surface area (Å²) < 4.78 is 1.63. The molecule has 1 atom stereocenters. The summed E-state index contributed by atoms with van der Waals surface area (Å²) in [6, 6.07) is 0.229. The number of hydrogen-bond donors (Lipinski definition) is 2. The van der Waals surface area contributed by atoms with Gasteiger partial charge in [-0.3, -0.25) is 9.48 Å². The van der Waals surface area contributed by atoms with Crippen LogP contribution in [0.2, 0.25) is 0 Å². The van der Waals surface area contributed by atoms with E-state index in [-0.39, 0.29) is 11.9 Å². The Hall–Kier alpha value is -1.52. The Morgan fingerprint density at radius 2 is 2.44 bits per heavy atom. The molecule has 3 N–H and O–H groups in total. The third kappa shape index (κ3) is 2.03. The summed E-state index contributed by atoms with van der Waals surface area (Å²) in [7, 11) is 0. The highest BCUT2D eigenvalue weighted by molar-refractivity contribution is 5.97. The van der Waals surface area contributed by atoms with E-state index in [1.54, 1.807) is 4.68 Å². The molecule has 2 rings (SSSR count). The van der Waals surface area contributed by atoms with Crippen molar-refractivity contribution in [2.75, 3.05) is 5.73 Å². The van der Waals surface area contributed by atoms with Crippen molar-refractivity contribution < 1.29 is 4.79 Å². The van der Waals surface area contributed by atoms with E-state index in [1.807, 2.05) is 13.8 Å². The average molecular weight is 222 g/mol. The molecule has 1 aromatic rings. The van der Waals surface area contributed by atoms with Crippen LogP contribution in [0.5, 0.6) is 0 Å². The maximum Gasteiger partial charge on any atom is 0.271 e. The molecule has 16 heavy (non-hydrogen) atoms. The van der Waals surface area contributed by atoms with Crippen LogP contribution >= 0.6 is 0 Å². The Kier molecular flexibility index (Phi) is 2.85. The van der Waals surface area contributed by atoms with Crippen molar-refractivity contribution >= 4 is 11.6 Å². The number of nitrogens with two attached hydrogens (primary N) is 1. The highest BCUT2D eigenvalue weighted by Crippen LogP contribution is 2.32. The molecule has 1 heterocycles. The summed E-state index contributed by atoms with van der Waals surface area (Å²) in [5, 5.41) is 7.03. The second kappa shape index (κ2) is 4.15. The highest BCUT2D eigenvalue weighted by atomic mass is 16.2. The minimum atomic E-state index is -0.115. The molecule has 0 bridgehead atoms. The van der Waals surface area contributed by atoms with E-state index < -0.39 is 0 Å². The number of anilines is 1. The molecule has 88 valence electrons. The van der Waals surface area contributed by atoms with Gasteiger partial charge in [0.15, 0.2) is 0 Å². The normalized spacial score (nSPS) is 17.1. The van der Waals surface area contributed by atoms with Gasteiger partial charge < -0.3 is 11.1 Å². The number of rotatable bonds is 4. The Morgan fingerprint density at radius 3 is 3.00 bits per heavy atom. The summed E-state index contributed by atoms with van der Waals surface area (Å²) in [6.45, 7) is 4.63. The SMILES string of the molecule is CCn1ncc(N)c1C(=O)NC(C)C1CC1. The molecular weight excluding hydrogens is 204 g/mol. The Bertz CT molecular complexity index is 395. The van der Waals surface area contributed by atoms with Crippen LogP contribution < -0.4 is 11.1 Å². The topological polar surface area (TPSA) is 72.9 Å². The van der Waals surface area contributed by atoms with Crippen LogP contribution in [0.25, 0.3) is 0 Å². The number of carbonyl (C=O) groups is 1. The third-order valence-electron chi connectivity index (χ3n) is 3.07. The molecule has 5 nitrogen and oxygen atoms in total. The number of aryl methyl sites for hydroxylation is 1. The van der Waals surface area contributed by atoms with Gasteiger partial charge in [0.2, 0.25) is 0 Å². The second-order valence-electron chi connectivity index (χ2n) is 4.36. The number of amides is 1. The first-order chi connectivity index (χ1) is 7.63. The molecule has 1 aliphatic carbocycles. The molecule has 1 saturated carbocycles. The van der Waals surface area contributed by atoms with Crippen LogP contribution in [0.1, 0.15) is 37.2 Å². The lowest BCUT2D eigenvalue weighted by Gasteiger charge is -2.13. The summed E-state index contributed by atoms with van der Waals surface area (Å²) >= 11 is 0. The highest BCUT2D eigenvalue weighted by Gasteiger charge is 2.30. The first kappa shape index (κ1) is 11.0. The summed E-state index contributed by atoms with van der Waals surface area (Å²) in [6.07, 6.45) is 3.95. The van der Waals surface area contributed by atoms with E-state index in [4.69, 9.17) is 5.73 Å². The zero-order valence-corrected chi connectivity index (χ0v) is 9.73. The Labute approximate surface area is 95.0 Å². The maximum absolute atomic E-state index is 12.0. The van der Waals surface area contributed by atoms with Crippen LogP contribution in [0, 0.1) is 5.92 Å². The number of aromatic nitrogens is 2. The Morgan fingerprint density at radius 1 is 1.75 bits per heavy atom. The van der Waals surface area contributed by atoms with Crippen molar-refractivity contribution in [1.29, 1.82) is 0 Å². The van der Waals surface area contributed by atoms with Crippen molar-refractivity contribution in [1.82, 2.24) is 15.1 Å². The fourth-order valence-corrected chi connectivity index (χ4v) is 1.88. The smallest absolute Gasteiger partial charge is 0.271 e. The van der Waals surface area contributed by atoms with Crippen LogP contribution in [0.4, 0.5) is 5.69 Å². The Balaban J connectivity index is 2.09. The molecule has 1 aromatic heterocycles. The van der Waals surface area contributed by atoms with Crippen LogP contribution in [-0.2, 0) is 6.54 Å². The fourth-order valence-electron chi connectivity index (χ4n) is 1.88. The minimum Gasteiger partial charge on any atom is -0.396 e. The van der Waals surface area contributed by atoms with Gasteiger partial charge in [-0.2, -0.15) is 5.10 Å². The molecule has 0 spiro atoms. The summed E-state index contributed by atoms with van der Waals surface area (Å²) in [4.78, 5) is 12.0. The number of nitrogens with one attached hydrogen (secondary N) is 1. The molecule has 1 amide bonds. The van der Waals surface area contributed by atoms with Gasteiger partial charge in [-0.15, -0.1) is 0 Å². The first-order valence-electron chi connectivity index (χ1n) is 5.75. The lowest BCUT2D eigenvalue weighted by molar-refractivity contribution is 0.0926. The van der Waals surface area contributed by atoms with E-state index in [0.717, 1.165) is 0 Å². The number of hydrogen-bond acceptors (Lipinski definition) is 3. The largest absolute Gasteiger partial charge is 0.396 e. The van der Waals surface area contributed by atoms with E-state index in [2.05, 4.69) is 10.4 Å². The standard InChI is InChI=1S/C11H18N4O/c1-3-15-10(9(12)6-13-15)11(16)14-7(2)8-4-5-8/h6-8H,3-5,12H2,1-2H3,(H,14,16). The molecule has 1 unspecified atom stereocenters. The predicted molar refractivity (Wildman–Crippen MR) is 62.0 cm³/mol. The van der Waals surface area contributed by atoms with Gasteiger partial charge in [0.25, 0.3) is 5.91 Å². The second-order valence-corrected chi connectivity index (χ2v) is 4.36. The monoisotopic (exact) mass is 222 g/mol. The zero-order valence-electron chi connectivity index (χ0n) is 9.73. The van der Waals surface area contributed by atoms with Gasteiger partial charge in [0.1, 0.15) is 5.69 Å². The van der Waals surface area contributed by atoms with E-state index in [0.29, 0.717) is 23.8 Å². The number of nitrogen functional groups attached to an aromatic ring is 1. The molecular formula is C11H18N4O. The van der Waals surface area contributed by atoms with Crippen LogP contribution in [-0.4, -0.2) is 21.7 Å².